The number of hydrogen-bond acceptors (Lipinski definition) is 3. The van der Waals surface area contributed by atoms with Crippen LogP contribution in [0.15, 0.2) is 22.7 Å². The Kier molecular flexibility index (Phi) is 4.21. The fraction of sp³-hybridized carbons (Fsp3) is 0.385. The lowest BCUT2D eigenvalue weighted by Crippen LogP contribution is -2.54. The van der Waals surface area contributed by atoms with E-state index in [0.29, 0.717) is 18.7 Å². The monoisotopic (exact) mass is 326 g/mol. The Hall–Kier alpha value is -1.40. The van der Waals surface area contributed by atoms with Gasteiger partial charge in [-0.3, -0.25) is 9.59 Å². The minimum absolute atomic E-state index is 0.161. The third kappa shape index (κ3) is 2.96. The van der Waals surface area contributed by atoms with Gasteiger partial charge in [0.25, 0.3) is 5.91 Å². The van der Waals surface area contributed by atoms with Gasteiger partial charge in [-0.25, -0.2) is 0 Å². The summed E-state index contributed by atoms with van der Waals surface area (Å²) in [5, 5.41) is 0. The topological polar surface area (TPSA) is 72.6 Å². The van der Waals surface area contributed by atoms with Crippen LogP contribution in [0, 0.1) is 6.92 Å². The molecule has 0 aromatic heterocycles. The summed E-state index contributed by atoms with van der Waals surface area (Å²) < 4.78 is 6.06. The summed E-state index contributed by atoms with van der Waals surface area (Å²) in [6.45, 7) is 2.90. The van der Waals surface area contributed by atoms with Gasteiger partial charge in [0.1, 0.15) is 6.04 Å². The highest BCUT2D eigenvalue weighted by Gasteiger charge is 2.31. The van der Waals surface area contributed by atoms with Gasteiger partial charge >= 0.3 is 0 Å². The van der Waals surface area contributed by atoms with Crippen LogP contribution in [-0.4, -0.2) is 42.5 Å². The fourth-order valence-electron chi connectivity index (χ4n) is 1.97. The van der Waals surface area contributed by atoms with Crippen molar-refractivity contribution >= 4 is 27.7 Å². The van der Waals surface area contributed by atoms with Crippen LogP contribution in [0.1, 0.15) is 15.9 Å². The van der Waals surface area contributed by atoms with E-state index in [1.807, 2.05) is 13.0 Å². The molecule has 0 saturated carbocycles. The van der Waals surface area contributed by atoms with Gasteiger partial charge in [-0.2, -0.15) is 0 Å². The number of rotatable bonds is 2. The van der Waals surface area contributed by atoms with Crippen molar-refractivity contribution in [3.8, 4) is 0 Å². The summed E-state index contributed by atoms with van der Waals surface area (Å²) in [6, 6.07) is 4.67. The molecule has 6 heteroatoms. The van der Waals surface area contributed by atoms with Crippen LogP contribution in [0.25, 0.3) is 0 Å². The predicted molar refractivity (Wildman–Crippen MR) is 73.7 cm³/mol. The zero-order valence-corrected chi connectivity index (χ0v) is 12.1. The zero-order valence-electron chi connectivity index (χ0n) is 10.6. The maximum absolute atomic E-state index is 12.4. The molecule has 1 aliphatic rings. The van der Waals surface area contributed by atoms with Gasteiger partial charge < -0.3 is 15.4 Å². The van der Waals surface area contributed by atoms with E-state index < -0.39 is 11.9 Å². The van der Waals surface area contributed by atoms with E-state index >= 15 is 0 Å². The summed E-state index contributed by atoms with van der Waals surface area (Å²) in [4.78, 5) is 25.3. The lowest BCUT2D eigenvalue weighted by Gasteiger charge is -2.33. The molecule has 0 bridgehead atoms. The van der Waals surface area contributed by atoms with Crippen LogP contribution in [-0.2, 0) is 9.53 Å². The van der Waals surface area contributed by atoms with Gasteiger partial charge in [-0.1, -0.05) is 22.0 Å². The van der Waals surface area contributed by atoms with Crippen molar-refractivity contribution in [3.05, 3.63) is 33.8 Å². The first-order chi connectivity index (χ1) is 9.00. The second kappa shape index (κ2) is 5.71. The molecule has 2 N–H and O–H groups in total. The number of halogens is 1. The maximum Gasteiger partial charge on any atom is 0.254 e. The number of carbonyl (C=O) groups is 2. The average Bonchev–Trinajstić information content (AvgIpc) is 2.41. The largest absolute Gasteiger partial charge is 0.377 e. The van der Waals surface area contributed by atoms with Crippen molar-refractivity contribution < 1.29 is 14.3 Å². The summed E-state index contributed by atoms with van der Waals surface area (Å²) in [6.07, 6.45) is 0. The SMILES string of the molecule is Cc1ccc(C(=O)N2CCOCC2C(N)=O)cc1Br. The number of aryl methyl sites for hydroxylation is 1. The van der Waals surface area contributed by atoms with Crippen molar-refractivity contribution in [1.29, 1.82) is 0 Å². The molecular formula is C13H15BrN2O3. The van der Waals surface area contributed by atoms with Gasteiger partial charge in [0, 0.05) is 16.6 Å². The Balaban J connectivity index is 2.26. The third-order valence-electron chi connectivity index (χ3n) is 3.14. The van der Waals surface area contributed by atoms with Gasteiger partial charge in [0.05, 0.1) is 13.2 Å². The van der Waals surface area contributed by atoms with Crippen molar-refractivity contribution in [3.63, 3.8) is 0 Å². The molecular weight excluding hydrogens is 312 g/mol. The number of carbonyl (C=O) groups excluding carboxylic acids is 2. The summed E-state index contributed by atoms with van der Waals surface area (Å²) in [7, 11) is 0. The Bertz CT molecular complexity index is 519. The molecule has 2 rings (SSSR count). The first-order valence-electron chi connectivity index (χ1n) is 5.95. The Morgan fingerprint density at radius 2 is 2.21 bits per heavy atom. The van der Waals surface area contributed by atoms with Crippen molar-refractivity contribution in [1.82, 2.24) is 4.90 Å². The molecule has 0 radical (unpaired) electrons. The number of nitrogens with two attached hydrogens (primary N) is 1. The number of morpholine rings is 1. The van der Waals surface area contributed by atoms with E-state index in [9.17, 15) is 9.59 Å². The Morgan fingerprint density at radius 1 is 1.47 bits per heavy atom. The molecule has 1 heterocycles. The highest BCUT2D eigenvalue weighted by molar-refractivity contribution is 9.10. The number of nitrogens with zero attached hydrogens (tertiary/aromatic N) is 1. The highest BCUT2D eigenvalue weighted by atomic mass is 79.9. The van der Waals surface area contributed by atoms with Crippen LogP contribution in [0.5, 0.6) is 0 Å². The number of amides is 2. The van der Waals surface area contributed by atoms with Gasteiger partial charge in [0.15, 0.2) is 0 Å². The summed E-state index contributed by atoms with van der Waals surface area (Å²) in [5.74, 6) is -0.743. The number of primary amides is 1. The Labute approximate surface area is 119 Å². The maximum atomic E-state index is 12.4. The van der Waals surface area contributed by atoms with E-state index in [1.165, 1.54) is 4.90 Å². The zero-order chi connectivity index (χ0) is 14.0. The van der Waals surface area contributed by atoms with Crippen molar-refractivity contribution in [2.75, 3.05) is 19.8 Å². The molecule has 102 valence electrons. The smallest absolute Gasteiger partial charge is 0.254 e. The standard InChI is InChI=1S/C13H15BrN2O3/c1-8-2-3-9(6-10(8)14)13(18)16-4-5-19-7-11(16)12(15)17/h2-3,6,11H,4-5,7H2,1H3,(H2,15,17). The quantitative estimate of drug-likeness (QED) is 0.884. The third-order valence-corrected chi connectivity index (χ3v) is 3.99. The molecule has 5 nitrogen and oxygen atoms in total. The lowest BCUT2D eigenvalue weighted by atomic mass is 10.1. The lowest BCUT2D eigenvalue weighted by molar-refractivity contribution is -0.127. The second-order valence-electron chi connectivity index (χ2n) is 4.46. The fourth-order valence-corrected chi connectivity index (χ4v) is 2.35. The molecule has 1 aromatic rings. The Morgan fingerprint density at radius 3 is 2.84 bits per heavy atom. The minimum atomic E-state index is -0.693. The molecule has 1 fully saturated rings. The highest BCUT2D eigenvalue weighted by Crippen LogP contribution is 2.20. The second-order valence-corrected chi connectivity index (χ2v) is 5.31. The molecule has 1 atom stereocenters. The first-order valence-corrected chi connectivity index (χ1v) is 6.74. The van der Waals surface area contributed by atoms with Crippen LogP contribution in [0.3, 0.4) is 0 Å². The van der Waals surface area contributed by atoms with Crippen LogP contribution >= 0.6 is 15.9 Å². The van der Waals surface area contributed by atoms with Crippen LogP contribution in [0.2, 0.25) is 0 Å². The van der Waals surface area contributed by atoms with E-state index in [1.54, 1.807) is 12.1 Å². The van der Waals surface area contributed by atoms with Crippen molar-refractivity contribution in [2.45, 2.75) is 13.0 Å². The normalized spacial score (nSPS) is 19.3. The van der Waals surface area contributed by atoms with Crippen LogP contribution < -0.4 is 5.73 Å². The molecule has 1 aliphatic heterocycles. The van der Waals surface area contributed by atoms with Gasteiger partial charge in [-0.05, 0) is 24.6 Å². The minimum Gasteiger partial charge on any atom is -0.377 e. The van der Waals surface area contributed by atoms with E-state index in [2.05, 4.69) is 15.9 Å². The molecule has 1 aromatic carbocycles. The molecule has 1 unspecified atom stereocenters. The molecule has 0 aliphatic carbocycles. The molecule has 2 amide bonds. The van der Waals surface area contributed by atoms with Gasteiger partial charge in [0.2, 0.25) is 5.91 Å². The molecule has 19 heavy (non-hydrogen) atoms. The summed E-state index contributed by atoms with van der Waals surface area (Å²) in [5.41, 5.74) is 6.88. The number of ether oxygens (including phenoxy) is 1. The van der Waals surface area contributed by atoms with E-state index in [0.717, 1.165) is 10.0 Å². The average molecular weight is 327 g/mol. The molecule has 1 saturated heterocycles. The number of benzene rings is 1. The molecule has 0 spiro atoms. The summed E-state index contributed by atoms with van der Waals surface area (Å²) >= 11 is 3.40. The van der Waals surface area contributed by atoms with Crippen molar-refractivity contribution in [2.24, 2.45) is 5.73 Å². The predicted octanol–water partition coefficient (Wildman–Crippen LogP) is 1.08. The van der Waals surface area contributed by atoms with E-state index in [4.69, 9.17) is 10.5 Å². The first kappa shape index (κ1) is 14.0. The van der Waals surface area contributed by atoms with Gasteiger partial charge in [-0.15, -0.1) is 0 Å². The number of hydrogen-bond donors (Lipinski definition) is 1. The van der Waals surface area contributed by atoms with E-state index in [-0.39, 0.29) is 12.5 Å². The van der Waals surface area contributed by atoms with Crippen LogP contribution in [0.4, 0.5) is 0 Å².